The third-order valence-corrected chi connectivity index (χ3v) is 4.77. The van der Waals surface area contributed by atoms with Crippen molar-refractivity contribution in [1.82, 2.24) is 20.9 Å². The molecule has 0 saturated heterocycles. The highest BCUT2D eigenvalue weighted by molar-refractivity contribution is 5.94. The maximum absolute atomic E-state index is 13.8. The van der Waals surface area contributed by atoms with E-state index >= 15 is 0 Å². The van der Waals surface area contributed by atoms with E-state index in [1.165, 1.54) is 0 Å². The van der Waals surface area contributed by atoms with Crippen LogP contribution in [0.1, 0.15) is 40.0 Å². The van der Waals surface area contributed by atoms with Crippen LogP contribution in [-0.2, 0) is 6.54 Å². The number of benzene rings is 2. The van der Waals surface area contributed by atoms with Crippen LogP contribution >= 0.6 is 0 Å². The van der Waals surface area contributed by atoms with E-state index in [-0.39, 0.29) is 17.8 Å². The van der Waals surface area contributed by atoms with Crippen LogP contribution in [0.25, 0.3) is 0 Å². The molecule has 1 unspecified atom stereocenters. The van der Waals surface area contributed by atoms with Crippen molar-refractivity contribution in [2.45, 2.75) is 26.4 Å². The molecule has 0 bridgehead atoms. The Morgan fingerprint density at radius 2 is 1.93 bits per heavy atom. The molecule has 0 heterocycles. The summed E-state index contributed by atoms with van der Waals surface area (Å²) in [6.45, 7) is 5.60. The average molecular weight is 414 g/mol. The van der Waals surface area contributed by atoms with E-state index in [9.17, 15) is 9.18 Å². The maximum Gasteiger partial charge on any atom is 0.251 e. The molecule has 1 atom stereocenters. The first-order chi connectivity index (χ1) is 14.3. The highest BCUT2D eigenvalue weighted by Gasteiger charge is 2.10. The Labute approximate surface area is 178 Å². The molecule has 2 aromatic rings. The van der Waals surface area contributed by atoms with Crippen LogP contribution in [0.4, 0.5) is 4.39 Å². The number of nitrogens with one attached hydrogen (secondary N) is 3. The number of nitrogens with zero attached hydrogens (tertiary/aromatic N) is 2. The molecule has 0 aliphatic carbocycles. The molecule has 0 fully saturated rings. The van der Waals surface area contributed by atoms with Gasteiger partial charge in [0.05, 0.1) is 6.04 Å². The predicted octanol–water partition coefficient (Wildman–Crippen LogP) is 2.85. The summed E-state index contributed by atoms with van der Waals surface area (Å²) in [5.41, 5.74) is 3.06. The highest BCUT2D eigenvalue weighted by Crippen LogP contribution is 2.16. The lowest BCUT2D eigenvalue weighted by Crippen LogP contribution is -2.38. The average Bonchev–Trinajstić information content (AvgIpc) is 2.72. The lowest BCUT2D eigenvalue weighted by atomic mass is 10.1. The molecule has 30 heavy (non-hydrogen) atoms. The van der Waals surface area contributed by atoms with Crippen molar-refractivity contribution in [3.05, 3.63) is 70.5 Å². The molecule has 0 aliphatic rings. The molecule has 0 radical (unpaired) electrons. The summed E-state index contributed by atoms with van der Waals surface area (Å²) in [5.74, 6) is 0.297. The summed E-state index contributed by atoms with van der Waals surface area (Å²) in [7, 11) is 5.62. The van der Waals surface area contributed by atoms with E-state index in [0.717, 1.165) is 17.7 Å². The zero-order chi connectivity index (χ0) is 22.1. The Morgan fingerprint density at radius 3 is 2.60 bits per heavy atom. The Hall–Kier alpha value is -2.93. The largest absolute Gasteiger partial charge is 0.352 e. The zero-order valence-electron chi connectivity index (χ0n) is 18.4. The number of aryl methyl sites for hydroxylation is 1. The third-order valence-electron chi connectivity index (χ3n) is 4.77. The van der Waals surface area contributed by atoms with Gasteiger partial charge in [0.2, 0.25) is 0 Å². The molecule has 7 heteroatoms. The fourth-order valence-corrected chi connectivity index (χ4v) is 2.86. The Bertz CT molecular complexity index is 882. The number of carbonyl (C=O) groups is 1. The van der Waals surface area contributed by atoms with Gasteiger partial charge in [0.25, 0.3) is 5.91 Å². The summed E-state index contributed by atoms with van der Waals surface area (Å²) in [5, 5.41) is 9.43. The summed E-state index contributed by atoms with van der Waals surface area (Å²) < 4.78 is 13.8. The number of hydrogen-bond donors (Lipinski definition) is 3. The van der Waals surface area contributed by atoms with Gasteiger partial charge in [-0.1, -0.05) is 24.3 Å². The normalized spacial score (nSPS) is 12.6. The number of aliphatic imine (C=N–C) groups is 1. The van der Waals surface area contributed by atoms with Crippen molar-refractivity contribution >= 4 is 11.9 Å². The number of guanidine groups is 1. The van der Waals surface area contributed by atoms with Gasteiger partial charge in [-0.3, -0.25) is 9.79 Å². The molecule has 162 valence electrons. The fourth-order valence-electron chi connectivity index (χ4n) is 2.86. The van der Waals surface area contributed by atoms with Gasteiger partial charge in [0, 0.05) is 32.2 Å². The molecule has 0 aliphatic heterocycles. The van der Waals surface area contributed by atoms with E-state index in [4.69, 9.17) is 0 Å². The first kappa shape index (κ1) is 23.3. The second-order valence-corrected chi connectivity index (χ2v) is 7.56. The lowest BCUT2D eigenvalue weighted by molar-refractivity contribution is 0.0951. The monoisotopic (exact) mass is 413 g/mol. The Morgan fingerprint density at radius 1 is 1.17 bits per heavy atom. The van der Waals surface area contributed by atoms with E-state index in [0.29, 0.717) is 30.2 Å². The fraction of sp³-hybridized carbons (Fsp3) is 0.391. The third kappa shape index (κ3) is 7.15. The minimum absolute atomic E-state index is 0.0868. The number of rotatable bonds is 8. The molecule has 0 aromatic heterocycles. The van der Waals surface area contributed by atoms with E-state index in [1.807, 2.05) is 50.2 Å². The van der Waals surface area contributed by atoms with Crippen molar-refractivity contribution in [1.29, 1.82) is 0 Å². The highest BCUT2D eigenvalue weighted by atomic mass is 19.1. The predicted molar refractivity (Wildman–Crippen MR) is 120 cm³/mol. The topological polar surface area (TPSA) is 68.8 Å². The van der Waals surface area contributed by atoms with Crippen LogP contribution in [-0.4, -0.2) is 51.0 Å². The van der Waals surface area contributed by atoms with Crippen molar-refractivity contribution in [2.24, 2.45) is 4.99 Å². The smallest absolute Gasteiger partial charge is 0.251 e. The van der Waals surface area contributed by atoms with Gasteiger partial charge in [-0.2, -0.15) is 0 Å². The summed E-state index contributed by atoms with van der Waals surface area (Å²) in [4.78, 5) is 18.6. The van der Waals surface area contributed by atoms with Gasteiger partial charge >= 0.3 is 0 Å². The zero-order valence-corrected chi connectivity index (χ0v) is 18.4. The summed E-state index contributed by atoms with van der Waals surface area (Å²) in [6, 6.07) is 12.6. The van der Waals surface area contributed by atoms with Gasteiger partial charge in [-0.15, -0.1) is 0 Å². The van der Waals surface area contributed by atoms with Crippen molar-refractivity contribution in [3.63, 3.8) is 0 Å². The first-order valence-electron chi connectivity index (χ1n) is 10.0. The minimum Gasteiger partial charge on any atom is -0.352 e. The number of halogens is 1. The van der Waals surface area contributed by atoms with Crippen LogP contribution in [0, 0.1) is 12.7 Å². The molecule has 3 N–H and O–H groups in total. The Balaban J connectivity index is 1.93. The second-order valence-electron chi connectivity index (χ2n) is 7.56. The maximum atomic E-state index is 13.8. The lowest BCUT2D eigenvalue weighted by Gasteiger charge is -2.19. The summed E-state index contributed by atoms with van der Waals surface area (Å²) in [6.07, 6.45) is 0. The molecule has 0 spiro atoms. The van der Waals surface area contributed by atoms with Crippen LogP contribution in [0.5, 0.6) is 0 Å². The standard InChI is InChI=1S/C23H32FN5O/c1-16-9-10-19(14-21(16)24)17(2)28-23(25-3)27-15-18-7-6-8-20(13-18)22(30)26-11-12-29(4)5/h6-10,13-14,17H,11-12,15H2,1-5H3,(H,26,30)(H2,25,27,28). The van der Waals surface area contributed by atoms with Gasteiger partial charge in [-0.05, 0) is 62.8 Å². The molecule has 1 amide bonds. The Kier molecular flexibility index (Phi) is 8.80. The van der Waals surface area contributed by atoms with Crippen LogP contribution in [0.3, 0.4) is 0 Å². The summed E-state index contributed by atoms with van der Waals surface area (Å²) >= 11 is 0. The molecule has 6 nitrogen and oxygen atoms in total. The van der Waals surface area contributed by atoms with E-state index < -0.39 is 0 Å². The van der Waals surface area contributed by atoms with Crippen molar-refractivity contribution < 1.29 is 9.18 Å². The minimum atomic E-state index is -0.218. The number of amides is 1. The molecular weight excluding hydrogens is 381 g/mol. The van der Waals surface area contributed by atoms with Crippen LogP contribution in [0.15, 0.2) is 47.5 Å². The van der Waals surface area contributed by atoms with Gasteiger partial charge in [-0.25, -0.2) is 4.39 Å². The van der Waals surface area contributed by atoms with Gasteiger partial charge in [0.1, 0.15) is 5.82 Å². The quantitative estimate of drug-likeness (QED) is 0.460. The number of likely N-dealkylation sites (N-methyl/N-ethyl adjacent to an activating group) is 1. The van der Waals surface area contributed by atoms with Crippen molar-refractivity contribution in [3.8, 4) is 0 Å². The first-order valence-corrected chi connectivity index (χ1v) is 10.0. The SMILES string of the molecule is CN=C(NCc1cccc(C(=O)NCCN(C)C)c1)NC(C)c1ccc(C)c(F)c1. The molecular formula is C23H32FN5O. The van der Waals surface area contributed by atoms with Crippen LogP contribution < -0.4 is 16.0 Å². The number of hydrogen-bond acceptors (Lipinski definition) is 3. The second kappa shape index (κ2) is 11.3. The molecule has 2 rings (SSSR count). The van der Waals surface area contributed by atoms with Gasteiger partial charge < -0.3 is 20.9 Å². The van der Waals surface area contributed by atoms with Crippen molar-refractivity contribution in [2.75, 3.05) is 34.2 Å². The molecule has 2 aromatic carbocycles. The molecule has 0 saturated carbocycles. The van der Waals surface area contributed by atoms with Crippen LogP contribution in [0.2, 0.25) is 0 Å². The van der Waals surface area contributed by atoms with E-state index in [1.54, 1.807) is 32.2 Å². The number of carbonyl (C=O) groups excluding carboxylic acids is 1. The van der Waals surface area contributed by atoms with E-state index in [2.05, 4.69) is 20.9 Å². The van der Waals surface area contributed by atoms with Gasteiger partial charge in [0.15, 0.2) is 5.96 Å².